The summed E-state index contributed by atoms with van der Waals surface area (Å²) in [6, 6.07) is 1.91. The van der Waals surface area contributed by atoms with Gasteiger partial charge in [0.05, 0.1) is 0 Å². The van der Waals surface area contributed by atoms with E-state index in [0.29, 0.717) is 24.3 Å². The summed E-state index contributed by atoms with van der Waals surface area (Å²) in [5.41, 5.74) is 0.375. The maximum Gasteiger partial charge on any atom is 0.573 e. The molecule has 3 rings (SSSR count). The summed E-state index contributed by atoms with van der Waals surface area (Å²) in [7, 11) is 0. The van der Waals surface area contributed by atoms with Gasteiger partial charge in [0, 0.05) is 5.92 Å². The topological polar surface area (TPSA) is 9.23 Å². The molecule has 0 aromatic heterocycles. The lowest BCUT2D eigenvalue weighted by atomic mass is 9.79. The fourth-order valence-electron chi connectivity index (χ4n) is 5.03. The average Bonchev–Trinajstić information content (AvgIpc) is 2.75. The summed E-state index contributed by atoms with van der Waals surface area (Å²) < 4.78 is 68.4. The van der Waals surface area contributed by atoms with E-state index in [2.05, 4.69) is 29.6 Å². The summed E-state index contributed by atoms with van der Waals surface area (Å²) >= 11 is 0. The van der Waals surface area contributed by atoms with Crippen molar-refractivity contribution in [3.63, 3.8) is 0 Å². The molecule has 0 aliphatic heterocycles. The Balaban J connectivity index is 1.48. The van der Waals surface area contributed by atoms with E-state index in [1.54, 1.807) is 0 Å². The summed E-state index contributed by atoms with van der Waals surface area (Å²) in [4.78, 5) is 0. The monoisotopic (exact) mass is 454 g/mol. The third-order valence-corrected chi connectivity index (χ3v) is 6.76. The number of rotatable bonds is 5. The largest absolute Gasteiger partial charge is 0.573 e. The molecule has 176 valence electrons. The molecule has 1 nitrogen and oxygen atoms in total. The lowest BCUT2D eigenvalue weighted by molar-refractivity contribution is -0.276. The van der Waals surface area contributed by atoms with E-state index in [0.717, 1.165) is 30.9 Å². The zero-order valence-corrected chi connectivity index (χ0v) is 18.5. The van der Waals surface area contributed by atoms with Crippen LogP contribution in [0.15, 0.2) is 24.3 Å². The average molecular weight is 455 g/mol. The molecule has 1 aromatic carbocycles. The molecule has 0 heterocycles. The smallest absolute Gasteiger partial charge is 0.399 e. The predicted molar refractivity (Wildman–Crippen MR) is 115 cm³/mol. The molecule has 2 aliphatic carbocycles. The van der Waals surface area contributed by atoms with E-state index in [9.17, 15) is 22.0 Å². The first-order valence-corrected chi connectivity index (χ1v) is 11.7. The van der Waals surface area contributed by atoms with E-state index in [1.165, 1.54) is 38.5 Å². The molecule has 0 atom stereocenters. The van der Waals surface area contributed by atoms with Crippen LogP contribution in [0.3, 0.4) is 0 Å². The zero-order chi connectivity index (χ0) is 23.1. The lowest BCUT2D eigenvalue weighted by Crippen LogP contribution is -2.19. The molecule has 0 bridgehead atoms. The minimum Gasteiger partial charge on any atom is -0.399 e. The fraction of sp³-hybridized carbons (Fsp3) is 0.615. The summed E-state index contributed by atoms with van der Waals surface area (Å²) in [6.07, 6.45) is 9.78. The molecule has 2 fully saturated rings. The van der Waals surface area contributed by atoms with Crippen LogP contribution in [0.5, 0.6) is 5.75 Å². The Labute approximate surface area is 187 Å². The van der Waals surface area contributed by atoms with Crippen molar-refractivity contribution < 1.29 is 26.7 Å². The van der Waals surface area contributed by atoms with Crippen LogP contribution in [0.2, 0.25) is 0 Å². The van der Waals surface area contributed by atoms with Crippen molar-refractivity contribution in [3.8, 4) is 17.6 Å². The second kappa shape index (κ2) is 11.2. The number of ether oxygens (including phenoxy) is 1. The van der Waals surface area contributed by atoms with Crippen LogP contribution < -0.4 is 4.74 Å². The highest BCUT2D eigenvalue weighted by molar-refractivity contribution is 5.33. The van der Waals surface area contributed by atoms with E-state index in [-0.39, 0.29) is 11.8 Å². The van der Waals surface area contributed by atoms with Gasteiger partial charge in [0.25, 0.3) is 0 Å². The van der Waals surface area contributed by atoms with Gasteiger partial charge in [-0.1, -0.05) is 37.7 Å². The molecule has 6 heteroatoms. The molecule has 1 aromatic rings. The summed E-state index contributed by atoms with van der Waals surface area (Å²) in [5.74, 6) is 4.07. The van der Waals surface area contributed by atoms with Crippen molar-refractivity contribution in [1.29, 1.82) is 0 Å². The van der Waals surface area contributed by atoms with E-state index >= 15 is 0 Å². The minimum absolute atomic E-state index is 0.0918. The van der Waals surface area contributed by atoms with E-state index in [4.69, 9.17) is 0 Å². The highest BCUT2D eigenvalue weighted by Crippen LogP contribution is 2.38. The van der Waals surface area contributed by atoms with Crippen LogP contribution in [0, 0.1) is 41.2 Å². The SMILES string of the molecule is CCC[C@H]1CC[C@H](/C=C/C#C[C@H]2CC[C@H](c3cc(F)c(OC(F)(F)F)c(F)c3)CC2)CC1. The van der Waals surface area contributed by atoms with Gasteiger partial charge in [0.15, 0.2) is 11.6 Å². The van der Waals surface area contributed by atoms with Crippen molar-refractivity contribution in [2.75, 3.05) is 0 Å². The minimum atomic E-state index is -5.14. The summed E-state index contributed by atoms with van der Waals surface area (Å²) in [6.45, 7) is 2.24. The van der Waals surface area contributed by atoms with Crippen LogP contribution in [0.4, 0.5) is 22.0 Å². The van der Waals surface area contributed by atoms with Gasteiger partial charge in [0.2, 0.25) is 5.75 Å². The van der Waals surface area contributed by atoms with Crippen LogP contribution in [0.25, 0.3) is 0 Å². The number of halogens is 5. The molecular weight excluding hydrogens is 423 g/mol. The quantitative estimate of drug-likeness (QED) is 0.321. The second-order valence-corrected chi connectivity index (χ2v) is 9.13. The van der Waals surface area contributed by atoms with Gasteiger partial charge in [-0.25, -0.2) is 8.78 Å². The van der Waals surface area contributed by atoms with Gasteiger partial charge in [0.1, 0.15) is 0 Å². The standard InChI is InChI=1S/C26H31F5O/c1-2-5-18-8-10-19(11-9-18)6-3-4-7-20-12-14-21(15-13-20)22-16-23(27)25(24(28)17-22)32-26(29,30)31/h3,6,16-21H,2,5,8-15H2,1H3/b6-3+/t18-,19-,20-,21-. The Morgan fingerprint density at radius 3 is 2.16 bits per heavy atom. The Bertz CT molecular complexity index is 809. The Kier molecular flexibility index (Phi) is 8.62. The van der Waals surface area contributed by atoms with Gasteiger partial charge in [-0.05, 0) is 92.9 Å². The van der Waals surface area contributed by atoms with Gasteiger partial charge >= 0.3 is 6.36 Å². The third kappa shape index (κ3) is 7.25. The van der Waals surface area contributed by atoms with Crippen LogP contribution >= 0.6 is 0 Å². The fourth-order valence-corrected chi connectivity index (χ4v) is 5.03. The van der Waals surface area contributed by atoms with Crippen molar-refractivity contribution in [1.82, 2.24) is 0 Å². The first-order chi connectivity index (χ1) is 15.2. The predicted octanol–water partition coefficient (Wildman–Crippen LogP) is 8.30. The molecule has 0 radical (unpaired) electrons. The van der Waals surface area contributed by atoms with Crippen molar-refractivity contribution >= 4 is 0 Å². The number of hydrogen-bond acceptors (Lipinski definition) is 1. The zero-order valence-electron chi connectivity index (χ0n) is 18.5. The van der Waals surface area contributed by atoms with Crippen molar-refractivity contribution in [2.24, 2.45) is 17.8 Å². The second-order valence-electron chi connectivity index (χ2n) is 9.13. The number of hydrogen-bond donors (Lipinski definition) is 0. The number of allylic oxidation sites excluding steroid dienone is 2. The molecule has 0 amide bonds. The Morgan fingerprint density at radius 2 is 1.59 bits per heavy atom. The molecule has 0 saturated heterocycles. The normalized spacial score (nSPS) is 26.6. The first-order valence-electron chi connectivity index (χ1n) is 11.7. The van der Waals surface area contributed by atoms with Crippen LogP contribution in [0.1, 0.15) is 82.6 Å². The van der Waals surface area contributed by atoms with Crippen molar-refractivity contribution in [3.05, 3.63) is 41.5 Å². The molecule has 0 N–H and O–H groups in total. The van der Waals surface area contributed by atoms with E-state index < -0.39 is 23.7 Å². The first kappa shape index (κ1) is 24.6. The van der Waals surface area contributed by atoms with Crippen LogP contribution in [-0.2, 0) is 0 Å². The molecule has 0 spiro atoms. The number of alkyl halides is 3. The maximum absolute atomic E-state index is 14.0. The van der Waals surface area contributed by atoms with Gasteiger partial charge < -0.3 is 4.74 Å². The molecule has 0 unspecified atom stereocenters. The van der Waals surface area contributed by atoms with Gasteiger partial charge in [-0.3, -0.25) is 0 Å². The molecule has 2 saturated carbocycles. The maximum atomic E-state index is 14.0. The van der Waals surface area contributed by atoms with Gasteiger partial charge in [-0.15, -0.1) is 13.2 Å². The molecule has 32 heavy (non-hydrogen) atoms. The number of benzene rings is 1. The summed E-state index contributed by atoms with van der Waals surface area (Å²) in [5, 5.41) is 0. The highest BCUT2D eigenvalue weighted by Gasteiger charge is 2.34. The Morgan fingerprint density at radius 1 is 0.969 bits per heavy atom. The highest BCUT2D eigenvalue weighted by atomic mass is 19.4. The van der Waals surface area contributed by atoms with Crippen LogP contribution in [-0.4, -0.2) is 6.36 Å². The lowest BCUT2D eigenvalue weighted by Gasteiger charge is -2.26. The van der Waals surface area contributed by atoms with E-state index in [1.807, 2.05) is 6.08 Å². The third-order valence-electron chi connectivity index (χ3n) is 6.76. The molecular formula is C26H31F5O. The van der Waals surface area contributed by atoms with Gasteiger partial charge in [-0.2, -0.15) is 0 Å². The molecule has 2 aliphatic rings. The Hall–Kier alpha value is -2.03. The van der Waals surface area contributed by atoms with Crippen molar-refractivity contribution in [2.45, 2.75) is 83.4 Å².